The Balaban J connectivity index is 1.40. The highest BCUT2D eigenvalue weighted by atomic mass is 79.9. The van der Waals surface area contributed by atoms with Crippen molar-refractivity contribution in [3.05, 3.63) is 60.2 Å². The van der Waals surface area contributed by atoms with Crippen molar-refractivity contribution < 1.29 is 19.5 Å². The van der Waals surface area contributed by atoms with Gasteiger partial charge >= 0.3 is 0 Å². The number of amides is 3. The van der Waals surface area contributed by atoms with Crippen molar-refractivity contribution in [3.63, 3.8) is 0 Å². The molecule has 3 saturated heterocycles. The Kier molecular flexibility index (Phi) is 8.78. The van der Waals surface area contributed by atoms with E-state index in [4.69, 9.17) is 0 Å². The lowest BCUT2D eigenvalue weighted by Crippen LogP contribution is -2.53. The summed E-state index contributed by atoms with van der Waals surface area (Å²) in [5, 5.41) is 15.6. The minimum absolute atomic E-state index is 0.00970. The first-order valence-electron chi connectivity index (χ1n) is 14.0. The van der Waals surface area contributed by atoms with Crippen LogP contribution in [0, 0.1) is 11.8 Å². The summed E-state index contributed by atoms with van der Waals surface area (Å²) in [6.07, 6.45) is 0.989. The molecule has 5 rings (SSSR count). The second-order valence-electron chi connectivity index (χ2n) is 10.7. The Morgan fingerprint density at radius 1 is 1.10 bits per heavy atom. The molecule has 3 amide bonds. The minimum atomic E-state index is -0.735. The number of halogens is 1. The molecule has 3 unspecified atom stereocenters. The van der Waals surface area contributed by atoms with Crippen LogP contribution in [0.1, 0.15) is 32.3 Å². The number of fused-ring (bicyclic) bond motifs is 1. The molecule has 10 heteroatoms. The lowest BCUT2D eigenvalue weighted by atomic mass is 9.70. The van der Waals surface area contributed by atoms with E-state index in [-0.39, 0.29) is 41.0 Å². The molecule has 0 radical (unpaired) electrons. The molecule has 3 heterocycles. The van der Waals surface area contributed by atoms with E-state index in [0.717, 1.165) is 24.3 Å². The Morgan fingerprint density at radius 2 is 1.80 bits per heavy atom. The average molecular weight is 630 g/mol. The van der Waals surface area contributed by atoms with Crippen LogP contribution in [0.15, 0.2) is 54.6 Å². The summed E-state index contributed by atoms with van der Waals surface area (Å²) in [4.78, 5) is 45.4. The Morgan fingerprint density at radius 3 is 2.45 bits per heavy atom. The predicted octanol–water partition coefficient (Wildman–Crippen LogP) is 3.63. The summed E-state index contributed by atoms with van der Waals surface area (Å²) in [7, 11) is 0. The van der Waals surface area contributed by atoms with E-state index < -0.39 is 22.6 Å². The van der Waals surface area contributed by atoms with Gasteiger partial charge in [-0.2, -0.15) is 0 Å². The van der Waals surface area contributed by atoms with E-state index in [9.17, 15) is 19.5 Å². The number of hydrogen-bond acceptors (Lipinski definition) is 6. The highest BCUT2D eigenvalue weighted by Gasteiger charge is 2.75. The summed E-state index contributed by atoms with van der Waals surface area (Å²) in [6, 6.07) is 16.7. The number of nitrogens with one attached hydrogen (secondary N) is 2. The number of likely N-dealkylation sites (tertiary alicyclic amines) is 1. The van der Waals surface area contributed by atoms with Gasteiger partial charge in [0.1, 0.15) is 6.04 Å². The maximum atomic E-state index is 14.0. The first kappa shape index (κ1) is 29.0. The molecule has 0 aliphatic carbocycles. The molecule has 2 aromatic carbocycles. The quantitative estimate of drug-likeness (QED) is 0.329. The van der Waals surface area contributed by atoms with E-state index in [1.54, 1.807) is 16.7 Å². The van der Waals surface area contributed by atoms with Gasteiger partial charge in [0.05, 0.1) is 16.6 Å². The molecule has 40 heavy (non-hydrogen) atoms. The number of aliphatic hydroxyl groups excluding tert-OH is 1. The highest BCUT2D eigenvalue weighted by Crippen LogP contribution is 2.67. The molecule has 2 bridgehead atoms. The van der Waals surface area contributed by atoms with Crippen molar-refractivity contribution in [2.45, 2.75) is 54.1 Å². The lowest BCUT2D eigenvalue weighted by molar-refractivity contribution is -0.139. The fraction of sp³-hybridized carbons (Fsp3) is 0.500. The fourth-order valence-electron chi connectivity index (χ4n) is 6.67. The molecule has 3 N–H and O–H groups in total. The summed E-state index contributed by atoms with van der Waals surface area (Å²) in [5.41, 5.74) is 2.74. The molecule has 3 fully saturated rings. The standard InChI is InChI=1S/C30H37BrN4O4S/c1-3-34(4-2)21-13-11-20(12-14-21)33-28(38)26-30-17-22(31)25(40-30)23(24(30)29(39)35(26)15-8-16-36)27(37)32-18-19-9-6-5-7-10-19/h5-7,9-14,22-26,36H,3-4,8,15-18H2,1-2H3,(H,32,37)(H,33,38)/t22?,23-,24-,25-,26?,30?/m0/s1. The summed E-state index contributed by atoms with van der Waals surface area (Å²) < 4.78 is -0.717. The number of carbonyl (C=O) groups is 3. The van der Waals surface area contributed by atoms with Crippen LogP contribution in [0.3, 0.4) is 0 Å². The highest BCUT2D eigenvalue weighted by molar-refractivity contribution is 9.09. The third kappa shape index (κ3) is 5.14. The van der Waals surface area contributed by atoms with Crippen molar-refractivity contribution in [1.29, 1.82) is 0 Å². The van der Waals surface area contributed by atoms with Crippen LogP contribution in [-0.2, 0) is 20.9 Å². The Hall–Kier alpha value is -2.56. The van der Waals surface area contributed by atoms with Gasteiger partial charge in [0.25, 0.3) is 0 Å². The van der Waals surface area contributed by atoms with Crippen molar-refractivity contribution in [3.8, 4) is 0 Å². The molecule has 3 aliphatic rings. The van der Waals surface area contributed by atoms with Gasteiger partial charge in [0.2, 0.25) is 17.7 Å². The molecule has 2 aromatic rings. The molecule has 8 nitrogen and oxygen atoms in total. The molecule has 3 aliphatic heterocycles. The van der Waals surface area contributed by atoms with Crippen molar-refractivity contribution >= 4 is 56.8 Å². The first-order chi connectivity index (χ1) is 19.3. The second kappa shape index (κ2) is 12.1. The summed E-state index contributed by atoms with van der Waals surface area (Å²) in [5.74, 6) is -1.70. The zero-order valence-corrected chi connectivity index (χ0v) is 25.3. The third-order valence-electron chi connectivity index (χ3n) is 8.47. The second-order valence-corrected chi connectivity index (χ2v) is 13.4. The van der Waals surface area contributed by atoms with Gasteiger partial charge in [0, 0.05) is 54.2 Å². The van der Waals surface area contributed by atoms with Crippen LogP contribution in [0.2, 0.25) is 0 Å². The Bertz CT molecular complexity index is 1230. The van der Waals surface area contributed by atoms with Crippen LogP contribution >= 0.6 is 27.7 Å². The third-order valence-corrected chi connectivity index (χ3v) is 11.7. The molecule has 1 spiro atoms. The van der Waals surface area contributed by atoms with Crippen LogP contribution in [-0.4, -0.2) is 74.8 Å². The Labute approximate surface area is 248 Å². The zero-order valence-electron chi connectivity index (χ0n) is 22.9. The van der Waals surface area contributed by atoms with Crippen LogP contribution < -0.4 is 15.5 Å². The van der Waals surface area contributed by atoms with Gasteiger partial charge < -0.3 is 25.5 Å². The average Bonchev–Trinajstić information content (AvgIpc) is 3.55. The molecular weight excluding hydrogens is 592 g/mol. The number of aliphatic hydroxyl groups is 1. The van der Waals surface area contributed by atoms with Crippen molar-refractivity contribution in [1.82, 2.24) is 10.2 Å². The zero-order chi connectivity index (χ0) is 28.4. The number of benzene rings is 2. The number of nitrogens with zero attached hydrogens (tertiary/aromatic N) is 2. The molecular formula is C30H37BrN4O4S. The molecule has 0 saturated carbocycles. The van der Waals surface area contributed by atoms with Crippen LogP contribution in [0.5, 0.6) is 0 Å². The van der Waals surface area contributed by atoms with E-state index in [2.05, 4.69) is 45.3 Å². The lowest BCUT2D eigenvalue weighted by Gasteiger charge is -2.35. The van der Waals surface area contributed by atoms with Gasteiger partial charge in [-0.15, -0.1) is 11.8 Å². The van der Waals surface area contributed by atoms with E-state index >= 15 is 0 Å². The van der Waals surface area contributed by atoms with E-state index in [1.165, 1.54) is 0 Å². The smallest absolute Gasteiger partial charge is 0.248 e. The maximum Gasteiger partial charge on any atom is 0.248 e. The number of anilines is 2. The normalized spacial score (nSPS) is 28.4. The van der Waals surface area contributed by atoms with E-state index in [0.29, 0.717) is 25.1 Å². The molecule has 6 atom stereocenters. The topological polar surface area (TPSA) is 102 Å². The SMILES string of the molecule is CCN(CC)c1ccc(NC(=O)C2N(CCCO)C(=O)[C@@H]3[C@H](C(=O)NCc4ccccc4)[C@H]4SC23CC4Br)cc1. The number of hydrogen-bond donors (Lipinski definition) is 3. The van der Waals surface area contributed by atoms with Crippen LogP contribution in [0.4, 0.5) is 11.4 Å². The number of carbonyl (C=O) groups excluding carboxylic acids is 3. The van der Waals surface area contributed by atoms with Crippen LogP contribution in [0.25, 0.3) is 0 Å². The maximum absolute atomic E-state index is 14.0. The summed E-state index contributed by atoms with van der Waals surface area (Å²) >= 11 is 5.41. The van der Waals surface area contributed by atoms with Crippen molar-refractivity contribution in [2.24, 2.45) is 11.8 Å². The first-order valence-corrected chi connectivity index (χ1v) is 15.8. The minimum Gasteiger partial charge on any atom is -0.396 e. The van der Waals surface area contributed by atoms with Gasteiger partial charge in [-0.25, -0.2) is 0 Å². The number of thioether (sulfide) groups is 1. The van der Waals surface area contributed by atoms with Gasteiger partial charge in [0.15, 0.2) is 0 Å². The molecule has 0 aromatic heterocycles. The van der Waals surface area contributed by atoms with Gasteiger partial charge in [-0.1, -0.05) is 46.3 Å². The number of rotatable bonds is 11. The van der Waals surface area contributed by atoms with Crippen molar-refractivity contribution in [2.75, 3.05) is 36.5 Å². The monoisotopic (exact) mass is 628 g/mol. The summed E-state index contributed by atoms with van der Waals surface area (Å²) in [6.45, 7) is 6.56. The van der Waals surface area contributed by atoms with E-state index in [1.807, 2.05) is 54.6 Å². The largest absolute Gasteiger partial charge is 0.396 e. The van der Waals surface area contributed by atoms with Gasteiger partial charge in [-0.05, 0) is 56.5 Å². The molecule has 214 valence electrons. The van der Waals surface area contributed by atoms with Gasteiger partial charge in [-0.3, -0.25) is 14.4 Å². The fourth-order valence-corrected chi connectivity index (χ4v) is 10.3. The number of alkyl halides is 1. The predicted molar refractivity (Wildman–Crippen MR) is 163 cm³/mol.